The number of hydrogen-bond donors (Lipinski definition) is 0. The summed E-state index contributed by atoms with van der Waals surface area (Å²) in [5, 5.41) is 0. The van der Waals surface area contributed by atoms with Gasteiger partial charge in [0, 0.05) is 0 Å². The van der Waals surface area contributed by atoms with Crippen LogP contribution in [0.4, 0.5) is 0 Å². The van der Waals surface area contributed by atoms with Gasteiger partial charge in [0.15, 0.2) is 6.20 Å². The highest BCUT2D eigenvalue weighted by Gasteiger charge is 2.04. The maximum atomic E-state index is 3.72. The van der Waals surface area contributed by atoms with E-state index in [-0.39, 0.29) is 0 Å². The van der Waals surface area contributed by atoms with E-state index < -0.39 is 0 Å². The second-order valence-corrected chi connectivity index (χ2v) is 2.09. The van der Waals surface area contributed by atoms with Crippen molar-refractivity contribution in [2.24, 2.45) is 4.99 Å². The average Bonchev–Trinajstić information content (AvgIpc) is 1.86. The Morgan fingerprint density at radius 2 is 2.83 bits per heavy atom. The lowest BCUT2D eigenvalue weighted by Gasteiger charge is -1.62. The quantitative estimate of drug-likeness (QED) is 0.418. The molecule has 0 unspecified atom stereocenters. The maximum absolute atomic E-state index is 3.72. The van der Waals surface area contributed by atoms with Gasteiger partial charge in [0.2, 0.25) is 0 Å². The Labute approximate surface area is 41.2 Å². The highest BCUT2D eigenvalue weighted by Crippen LogP contribution is 2.15. The smallest absolute Gasteiger partial charge is 0.00962 e. The molecule has 2 heteroatoms. The molecule has 1 aliphatic heterocycles. The van der Waals surface area contributed by atoms with E-state index in [0.29, 0.717) is 0 Å². The van der Waals surface area contributed by atoms with Crippen LogP contribution in [0.1, 0.15) is 6.92 Å². The van der Waals surface area contributed by atoms with Crippen molar-refractivity contribution < 1.29 is 0 Å². The first-order valence-corrected chi connectivity index (χ1v) is 2.50. The van der Waals surface area contributed by atoms with Crippen molar-refractivity contribution in [2.75, 3.05) is 0 Å². The summed E-state index contributed by atoms with van der Waals surface area (Å²) in [5.74, 6) is 0. The molecule has 0 aromatic rings. The second-order valence-electron chi connectivity index (χ2n) is 1.06. The summed E-state index contributed by atoms with van der Waals surface area (Å²) in [6.45, 7) is 2.01. The van der Waals surface area contributed by atoms with E-state index in [1.54, 1.807) is 18.0 Å². The van der Waals surface area contributed by atoms with E-state index in [1.165, 1.54) is 4.91 Å². The minimum absolute atomic E-state index is 1.22. The molecule has 1 aliphatic rings. The SMILES string of the molecule is CC1=CN=[C+]S1. The van der Waals surface area contributed by atoms with E-state index in [1.807, 2.05) is 6.92 Å². The molecule has 0 atom stereocenters. The number of thioether (sulfide) groups is 1. The molecule has 1 heterocycles. The molecule has 0 fully saturated rings. The molecule has 0 saturated carbocycles. The van der Waals surface area contributed by atoms with Gasteiger partial charge in [-0.15, -0.1) is 0 Å². The van der Waals surface area contributed by atoms with Crippen LogP contribution in [-0.4, -0.2) is 5.55 Å². The predicted molar refractivity (Wildman–Crippen MR) is 28.8 cm³/mol. The Morgan fingerprint density at radius 1 is 2.00 bits per heavy atom. The Hall–Kier alpha value is -0.330. The van der Waals surface area contributed by atoms with Crippen LogP contribution in [-0.2, 0) is 0 Å². The molecule has 1 nitrogen and oxygen atoms in total. The van der Waals surface area contributed by atoms with Crippen molar-refractivity contribution in [1.82, 2.24) is 0 Å². The van der Waals surface area contributed by atoms with Crippen LogP contribution in [0.3, 0.4) is 0 Å². The zero-order chi connectivity index (χ0) is 4.41. The standard InChI is InChI=1S/C4H4NS/c1-4-2-5-3-6-4/h2H,1H3/q+1. The van der Waals surface area contributed by atoms with E-state index >= 15 is 0 Å². The molecule has 6 heavy (non-hydrogen) atoms. The maximum Gasteiger partial charge on any atom is 0.271 e. The number of nitrogens with zero attached hydrogens (tertiary/aromatic N) is 1. The molecule has 0 amide bonds. The third-order valence-electron chi connectivity index (χ3n) is 0.506. The topological polar surface area (TPSA) is 12.4 Å². The molecule has 0 N–H and O–H groups in total. The van der Waals surface area contributed by atoms with Gasteiger partial charge < -0.3 is 0 Å². The highest BCUT2D eigenvalue weighted by atomic mass is 32.2. The third kappa shape index (κ3) is 0.588. The Bertz CT molecular complexity index is 104. The van der Waals surface area contributed by atoms with Crippen LogP contribution in [0.25, 0.3) is 0 Å². The van der Waals surface area contributed by atoms with Crippen LogP contribution in [0.15, 0.2) is 16.1 Å². The molecule has 30 valence electrons. The van der Waals surface area contributed by atoms with Gasteiger partial charge in [-0.3, -0.25) is 0 Å². The van der Waals surface area contributed by atoms with Crippen LogP contribution >= 0.6 is 11.8 Å². The minimum Gasteiger partial charge on any atom is -0.00962 e. The predicted octanol–water partition coefficient (Wildman–Crippen LogP) is 1.50. The molecule has 0 spiro atoms. The summed E-state index contributed by atoms with van der Waals surface area (Å²) >= 11 is 1.54. The zero-order valence-corrected chi connectivity index (χ0v) is 4.25. The van der Waals surface area contributed by atoms with Crippen molar-refractivity contribution in [3.8, 4) is 0 Å². The fraction of sp³-hybridized carbons (Fsp3) is 0.250. The van der Waals surface area contributed by atoms with Crippen molar-refractivity contribution in [3.05, 3.63) is 11.1 Å². The van der Waals surface area contributed by atoms with Crippen molar-refractivity contribution in [1.29, 1.82) is 0 Å². The van der Waals surface area contributed by atoms with Crippen LogP contribution in [0.2, 0.25) is 0 Å². The summed E-state index contributed by atoms with van der Waals surface area (Å²) in [6, 6.07) is 0. The number of aliphatic imine (C=N–C) groups is 1. The molecule has 0 aromatic carbocycles. The monoisotopic (exact) mass is 98.0 g/mol. The summed E-state index contributed by atoms with van der Waals surface area (Å²) in [5.41, 5.74) is 2.72. The average molecular weight is 98.2 g/mol. The molecule has 0 radical (unpaired) electrons. The molecule has 0 bridgehead atoms. The molecular formula is C4H4NS+. The largest absolute Gasteiger partial charge is 0.271 e. The van der Waals surface area contributed by atoms with Crippen LogP contribution in [0.5, 0.6) is 0 Å². The molecule has 0 aliphatic carbocycles. The van der Waals surface area contributed by atoms with Gasteiger partial charge in [-0.1, -0.05) is 0 Å². The van der Waals surface area contributed by atoms with Crippen LogP contribution < -0.4 is 0 Å². The molecular weight excluding hydrogens is 94.1 g/mol. The summed E-state index contributed by atoms with van der Waals surface area (Å²) in [7, 11) is 0. The zero-order valence-electron chi connectivity index (χ0n) is 3.43. The van der Waals surface area contributed by atoms with Gasteiger partial charge in [0.05, 0.1) is 0 Å². The molecule has 1 rings (SSSR count). The fourth-order valence-electron chi connectivity index (χ4n) is 0.242. The van der Waals surface area contributed by atoms with Gasteiger partial charge in [0.1, 0.15) is 16.7 Å². The lowest BCUT2D eigenvalue weighted by atomic mass is 10.7. The third-order valence-corrected chi connectivity index (χ3v) is 1.13. The lowest BCUT2D eigenvalue weighted by Crippen LogP contribution is -1.50. The summed E-state index contributed by atoms with van der Waals surface area (Å²) in [6.07, 6.45) is 1.80. The van der Waals surface area contributed by atoms with E-state index in [2.05, 4.69) is 10.5 Å². The Morgan fingerprint density at radius 3 is 3.00 bits per heavy atom. The van der Waals surface area contributed by atoms with E-state index in [9.17, 15) is 0 Å². The minimum atomic E-state index is 1.22. The fourth-order valence-corrected chi connectivity index (χ4v) is 0.597. The molecule has 0 aromatic heterocycles. The van der Waals surface area contributed by atoms with Crippen molar-refractivity contribution in [3.63, 3.8) is 0 Å². The Kier molecular flexibility index (Phi) is 0.906. The van der Waals surface area contributed by atoms with Crippen molar-refractivity contribution >= 4 is 17.3 Å². The van der Waals surface area contributed by atoms with E-state index in [0.717, 1.165) is 0 Å². The first-order chi connectivity index (χ1) is 2.89. The van der Waals surface area contributed by atoms with E-state index in [4.69, 9.17) is 0 Å². The van der Waals surface area contributed by atoms with Crippen LogP contribution in [0, 0.1) is 0 Å². The Balaban J connectivity index is 2.61. The number of allylic oxidation sites excluding steroid dienone is 1. The van der Waals surface area contributed by atoms with Gasteiger partial charge in [-0.2, -0.15) is 0 Å². The van der Waals surface area contributed by atoms with Gasteiger partial charge >= 0.3 is 0 Å². The first-order valence-electron chi connectivity index (χ1n) is 1.68. The lowest BCUT2D eigenvalue weighted by molar-refractivity contribution is 1.55. The number of hydrogen-bond acceptors (Lipinski definition) is 2. The number of rotatable bonds is 0. The summed E-state index contributed by atoms with van der Waals surface area (Å²) in [4.78, 5) is 4.93. The highest BCUT2D eigenvalue weighted by molar-refractivity contribution is 8.15. The van der Waals surface area contributed by atoms with Gasteiger partial charge in [-0.25, -0.2) is 0 Å². The normalized spacial score (nSPS) is 17.2. The first kappa shape index (κ1) is 3.85. The van der Waals surface area contributed by atoms with Gasteiger partial charge in [-0.05, 0) is 11.9 Å². The van der Waals surface area contributed by atoms with Gasteiger partial charge in [0.25, 0.3) is 5.55 Å². The molecule has 0 saturated heterocycles. The second kappa shape index (κ2) is 1.41. The van der Waals surface area contributed by atoms with Crippen molar-refractivity contribution in [2.45, 2.75) is 6.92 Å². The summed E-state index contributed by atoms with van der Waals surface area (Å²) < 4.78 is 0.